The lowest BCUT2D eigenvalue weighted by Gasteiger charge is -2.03. The molecular weight excluding hydrogens is 288 g/mol. The number of hydrogen-bond donors (Lipinski definition) is 1. The second-order valence-corrected chi connectivity index (χ2v) is 4.51. The fraction of sp³-hybridized carbons (Fsp3) is 0. The molecule has 0 spiro atoms. The van der Waals surface area contributed by atoms with Crippen LogP contribution in [0, 0.1) is 34.0 Å². The van der Waals surface area contributed by atoms with Gasteiger partial charge in [0.1, 0.15) is 12.1 Å². The number of rotatable bonds is 3. The van der Waals surface area contributed by atoms with Crippen molar-refractivity contribution in [2.45, 2.75) is 0 Å². The first-order valence-electron chi connectivity index (χ1n) is 6.60. The summed E-state index contributed by atoms with van der Waals surface area (Å²) in [5, 5.41) is 29.4. The molecule has 2 aromatic rings. The molecule has 23 heavy (non-hydrogen) atoms. The van der Waals surface area contributed by atoms with E-state index in [0.29, 0.717) is 16.8 Å². The minimum Gasteiger partial charge on any atom is -0.322 e. The van der Waals surface area contributed by atoms with Crippen LogP contribution in [0.5, 0.6) is 0 Å². The highest BCUT2D eigenvalue weighted by Gasteiger charge is 2.05. The maximum atomic E-state index is 11.9. The van der Waals surface area contributed by atoms with Crippen LogP contribution in [0.4, 0.5) is 5.69 Å². The fourth-order valence-corrected chi connectivity index (χ4v) is 1.91. The smallest absolute Gasteiger partial charge is 0.248 e. The molecule has 0 aliphatic rings. The lowest BCUT2D eigenvalue weighted by molar-refractivity contribution is -0.111. The van der Waals surface area contributed by atoms with Crippen molar-refractivity contribution < 1.29 is 4.79 Å². The molecule has 2 aromatic carbocycles. The topological polar surface area (TPSA) is 100 Å². The van der Waals surface area contributed by atoms with E-state index >= 15 is 0 Å². The standard InChI is InChI=1S/C18H10N4O/c19-10-14-4-2-1-3-13(14)6-8-18(23)22-17-7-5-15(11-20)16(9-17)12-21/h1-9H,(H,22,23)/b8-6-. The van der Waals surface area contributed by atoms with Gasteiger partial charge in [-0.05, 0) is 35.9 Å². The largest absolute Gasteiger partial charge is 0.322 e. The Bertz CT molecular complexity index is 908. The number of benzene rings is 2. The summed E-state index contributed by atoms with van der Waals surface area (Å²) in [7, 11) is 0. The van der Waals surface area contributed by atoms with Crippen LogP contribution in [-0.4, -0.2) is 5.91 Å². The van der Waals surface area contributed by atoms with Crippen LogP contribution >= 0.6 is 0 Å². The van der Waals surface area contributed by atoms with E-state index in [4.69, 9.17) is 15.8 Å². The molecule has 0 aliphatic carbocycles. The predicted molar refractivity (Wildman–Crippen MR) is 84.7 cm³/mol. The zero-order chi connectivity index (χ0) is 16.7. The summed E-state index contributed by atoms with van der Waals surface area (Å²) in [6.07, 6.45) is 2.85. The average molecular weight is 298 g/mol. The Kier molecular flexibility index (Phi) is 4.87. The van der Waals surface area contributed by atoms with E-state index in [9.17, 15) is 4.79 Å². The molecule has 0 fully saturated rings. The number of nitrogens with one attached hydrogen (secondary N) is 1. The number of nitrogens with zero attached hydrogens (tertiary/aromatic N) is 3. The van der Waals surface area contributed by atoms with E-state index in [1.807, 2.05) is 18.2 Å². The van der Waals surface area contributed by atoms with Crippen molar-refractivity contribution in [1.82, 2.24) is 0 Å². The SMILES string of the molecule is N#Cc1ccc(NC(=O)/C=C\c2ccccc2C#N)cc1C#N. The molecule has 0 saturated carbocycles. The van der Waals surface area contributed by atoms with Crippen LogP contribution in [0.15, 0.2) is 48.5 Å². The Hall–Kier alpha value is -3.88. The lowest BCUT2D eigenvalue weighted by Crippen LogP contribution is -2.08. The lowest BCUT2D eigenvalue weighted by atomic mass is 10.1. The average Bonchev–Trinajstić information content (AvgIpc) is 2.60. The molecule has 0 atom stereocenters. The van der Waals surface area contributed by atoms with Gasteiger partial charge in [0.15, 0.2) is 0 Å². The van der Waals surface area contributed by atoms with Crippen LogP contribution < -0.4 is 5.32 Å². The number of nitriles is 3. The zero-order valence-corrected chi connectivity index (χ0v) is 11.9. The molecule has 1 N–H and O–H groups in total. The molecule has 5 nitrogen and oxygen atoms in total. The van der Waals surface area contributed by atoms with Crippen molar-refractivity contribution in [2.24, 2.45) is 0 Å². The summed E-state index contributed by atoms with van der Waals surface area (Å²) in [5.74, 6) is -0.397. The van der Waals surface area contributed by atoms with E-state index in [0.717, 1.165) is 0 Å². The first-order chi connectivity index (χ1) is 11.2. The summed E-state index contributed by atoms with van der Waals surface area (Å²) >= 11 is 0. The van der Waals surface area contributed by atoms with Crippen LogP contribution in [0.3, 0.4) is 0 Å². The van der Waals surface area contributed by atoms with Gasteiger partial charge < -0.3 is 5.32 Å². The minimum atomic E-state index is -0.397. The van der Waals surface area contributed by atoms with E-state index in [-0.39, 0.29) is 11.1 Å². The Labute approximate surface area is 133 Å². The third-order valence-corrected chi connectivity index (χ3v) is 3.02. The second kappa shape index (κ2) is 7.22. The quantitative estimate of drug-likeness (QED) is 0.880. The molecule has 0 aromatic heterocycles. The molecule has 0 radical (unpaired) electrons. The molecule has 0 bridgehead atoms. The van der Waals surface area contributed by atoms with Crippen molar-refractivity contribution in [3.05, 3.63) is 70.8 Å². The molecule has 0 heterocycles. The Balaban J connectivity index is 2.15. The molecule has 5 heteroatoms. The van der Waals surface area contributed by atoms with E-state index in [1.54, 1.807) is 36.4 Å². The van der Waals surface area contributed by atoms with Crippen molar-refractivity contribution in [1.29, 1.82) is 15.8 Å². The van der Waals surface area contributed by atoms with Crippen molar-refractivity contribution in [3.63, 3.8) is 0 Å². The summed E-state index contributed by atoms with van der Waals surface area (Å²) in [6.45, 7) is 0. The molecule has 2 rings (SSSR count). The van der Waals surface area contributed by atoms with Gasteiger partial charge in [-0.15, -0.1) is 0 Å². The van der Waals surface area contributed by atoms with Gasteiger partial charge in [0.2, 0.25) is 5.91 Å². The molecule has 108 valence electrons. The first-order valence-corrected chi connectivity index (χ1v) is 6.60. The third-order valence-electron chi connectivity index (χ3n) is 3.02. The predicted octanol–water partition coefficient (Wildman–Crippen LogP) is 2.95. The first kappa shape index (κ1) is 15.5. The van der Waals surface area contributed by atoms with Gasteiger partial charge in [-0.25, -0.2) is 0 Å². The number of amides is 1. The molecule has 1 amide bonds. The number of carbonyl (C=O) groups is 1. The highest BCUT2D eigenvalue weighted by Crippen LogP contribution is 2.15. The number of hydrogen-bond acceptors (Lipinski definition) is 4. The van der Waals surface area contributed by atoms with E-state index < -0.39 is 5.91 Å². The van der Waals surface area contributed by atoms with Gasteiger partial charge in [0.25, 0.3) is 0 Å². The third kappa shape index (κ3) is 3.82. The van der Waals surface area contributed by atoms with Crippen molar-refractivity contribution in [3.8, 4) is 18.2 Å². The van der Waals surface area contributed by atoms with Crippen LogP contribution in [0.25, 0.3) is 6.08 Å². The summed E-state index contributed by atoms with van der Waals surface area (Å²) in [6, 6.07) is 17.2. The summed E-state index contributed by atoms with van der Waals surface area (Å²) in [5.41, 5.74) is 1.99. The van der Waals surface area contributed by atoms with Gasteiger partial charge in [-0.1, -0.05) is 18.2 Å². The Morgan fingerprint density at radius 3 is 2.30 bits per heavy atom. The maximum absolute atomic E-state index is 11.9. The Morgan fingerprint density at radius 1 is 0.913 bits per heavy atom. The second-order valence-electron chi connectivity index (χ2n) is 4.51. The van der Waals surface area contributed by atoms with Gasteiger partial charge in [-0.3, -0.25) is 4.79 Å². The molecule has 0 aliphatic heterocycles. The van der Waals surface area contributed by atoms with Crippen LogP contribution in [0.2, 0.25) is 0 Å². The zero-order valence-electron chi connectivity index (χ0n) is 11.9. The number of anilines is 1. The van der Waals surface area contributed by atoms with Gasteiger partial charge in [0, 0.05) is 11.8 Å². The van der Waals surface area contributed by atoms with Gasteiger partial charge in [-0.2, -0.15) is 15.8 Å². The maximum Gasteiger partial charge on any atom is 0.248 e. The van der Waals surface area contributed by atoms with Crippen LogP contribution in [0.1, 0.15) is 22.3 Å². The highest BCUT2D eigenvalue weighted by atomic mass is 16.1. The van der Waals surface area contributed by atoms with E-state index in [2.05, 4.69) is 5.32 Å². The molecule has 0 saturated heterocycles. The summed E-state index contributed by atoms with van der Waals surface area (Å²) < 4.78 is 0. The molecular formula is C18H10N4O. The van der Waals surface area contributed by atoms with Crippen LogP contribution in [-0.2, 0) is 4.79 Å². The van der Waals surface area contributed by atoms with E-state index in [1.165, 1.54) is 18.2 Å². The Morgan fingerprint density at radius 2 is 1.61 bits per heavy atom. The minimum absolute atomic E-state index is 0.198. The van der Waals surface area contributed by atoms with Gasteiger partial charge >= 0.3 is 0 Å². The highest BCUT2D eigenvalue weighted by molar-refractivity contribution is 6.02. The normalized spacial score (nSPS) is 9.61. The van der Waals surface area contributed by atoms with Crippen molar-refractivity contribution >= 4 is 17.7 Å². The van der Waals surface area contributed by atoms with Crippen molar-refractivity contribution in [2.75, 3.05) is 5.32 Å². The van der Waals surface area contributed by atoms with Gasteiger partial charge in [0.05, 0.1) is 22.8 Å². The fourth-order valence-electron chi connectivity index (χ4n) is 1.91. The molecule has 0 unspecified atom stereocenters. The monoisotopic (exact) mass is 298 g/mol. The summed E-state index contributed by atoms with van der Waals surface area (Å²) in [4.78, 5) is 11.9. The number of carbonyl (C=O) groups excluding carboxylic acids is 1.